The normalized spacial score (nSPS) is 12.1. The molecule has 0 radical (unpaired) electrons. The highest BCUT2D eigenvalue weighted by Crippen LogP contribution is 2.25. The summed E-state index contributed by atoms with van der Waals surface area (Å²) in [6.07, 6.45) is 3.83. The molecule has 2 heterocycles. The number of carbonyl (C=O) groups is 2. The summed E-state index contributed by atoms with van der Waals surface area (Å²) in [6, 6.07) is 10.6. The minimum Gasteiger partial charge on any atom is -0.480 e. The third kappa shape index (κ3) is 4.06. The van der Waals surface area contributed by atoms with Crippen LogP contribution in [-0.2, 0) is 4.79 Å². The van der Waals surface area contributed by atoms with Crippen LogP contribution < -0.4 is 5.32 Å². The number of hydrogen-bond donors (Lipinski definition) is 2. The second-order valence-corrected chi connectivity index (χ2v) is 7.12. The van der Waals surface area contributed by atoms with Crippen molar-refractivity contribution in [1.82, 2.24) is 14.7 Å². The van der Waals surface area contributed by atoms with E-state index in [1.54, 1.807) is 4.40 Å². The highest BCUT2D eigenvalue weighted by molar-refractivity contribution is 6.01. The van der Waals surface area contributed by atoms with Gasteiger partial charge in [-0.05, 0) is 31.9 Å². The number of rotatable bonds is 7. The Balaban J connectivity index is 2.07. The monoisotopic (exact) mass is 379 g/mol. The van der Waals surface area contributed by atoms with Gasteiger partial charge in [-0.15, -0.1) is 0 Å². The lowest BCUT2D eigenvalue weighted by Crippen LogP contribution is -2.41. The predicted molar refractivity (Wildman–Crippen MR) is 109 cm³/mol. The number of nitrogens with one attached hydrogen (secondary N) is 1. The lowest BCUT2D eigenvalue weighted by molar-refractivity contribution is -0.139. The van der Waals surface area contributed by atoms with Crippen molar-refractivity contribution in [2.45, 2.75) is 46.1 Å². The van der Waals surface area contributed by atoms with Gasteiger partial charge in [0.05, 0.1) is 0 Å². The van der Waals surface area contributed by atoms with Crippen molar-refractivity contribution >= 4 is 17.5 Å². The summed E-state index contributed by atoms with van der Waals surface area (Å²) >= 11 is 0. The van der Waals surface area contributed by atoms with Crippen molar-refractivity contribution in [1.29, 1.82) is 0 Å². The van der Waals surface area contributed by atoms with Crippen LogP contribution in [0.3, 0.4) is 0 Å². The van der Waals surface area contributed by atoms with Crippen molar-refractivity contribution in [2.24, 2.45) is 0 Å². The van der Waals surface area contributed by atoms with Crippen LogP contribution in [-0.4, -0.2) is 32.4 Å². The van der Waals surface area contributed by atoms with E-state index in [2.05, 4.69) is 10.3 Å². The van der Waals surface area contributed by atoms with Gasteiger partial charge in [-0.3, -0.25) is 9.20 Å². The molecule has 0 aliphatic carbocycles. The molecule has 0 aliphatic heterocycles. The molecule has 1 amide bonds. The zero-order valence-electron chi connectivity index (χ0n) is 16.4. The number of aromatic nitrogens is 2. The molecule has 2 aromatic heterocycles. The standard InChI is InChI=1S/C22H25N3O3/c1-4-5-6-17(22(27)28)23-21(26)20-19(16-10-7-14(2)8-11-16)24-18-12-9-15(3)13-25(18)20/h7-13,17H,4-6H2,1-3H3,(H,23,26)(H,27,28). The number of benzene rings is 1. The molecular weight excluding hydrogens is 354 g/mol. The molecule has 1 aromatic carbocycles. The second-order valence-electron chi connectivity index (χ2n) is 7.12. The number of fused-ring (bicyclic) bond motifs is 1. The number of hydrogen-bond acceptors (Lipinski definition) is 3. The van der Waals surface area contributed by atoms with E-state index in [-0.39, 0.29) is 0 Å². The van der Waals surface area contributed by atoms with Gasteiger partial charge in [-0.2, -0.15) is 0 Å². The molecule has 0 saturated carbocycles. The summed E-state index contributed by atoms with van der Waals surface area (Å²) in [5.74, 6) is -1.46. The van der Waals surface area contributed by atoms with Gasteiger partial charge >= 0.3 is 5.97 Å². The van der Waals surface area contributed by atoms with E-state index in [4.69, 9.17) is 0 Å². The predicted octanol–water partition coefficient (Wildman–Crippen LogP) is 3.99. The number of nitrogens with zero attached hydrogens (tertiary/aromatic N) is 2. The summed E-state index contributed by atoms with van der Waals surface area (Å²) in [6.45, 7) is 5.92. The van der Waals surface area contributed by atoms with Gasteiger partial charge in [0.25, 0.3) is 5.91 Å². The van der Waals surface area contributed by atoms with E-state index in [0.717, 1.165) is 29.5 Å². The van der Waals surface area contributed by atoms with Gasteiger partial charge in [0.1, 0.15) is 23.1 Å². The average molecular weight is 379 g/mol. The molecular formula is C22H25N3O3. The fraction of sp³-hybridized carbons (Fsp3) is 0.318. The quantitative estimate of drug-likeness (QED) is 0.650. The first-order chi connectivity index (χ1) is 13.4. The molecule has 1 unspecified atom stereocenters. The van der Waals surface area contributed by atoms with E-state index < -0.39 is 17.9 Å². The molecule has 146 valence electrons. The molecule has 0 aliphatic rings. The molecule has 0 bridgehead atoms. The van der Waals surface area contributed by atoms with Gasteiger partial charge in [-0.1, -0.05) is 55.7 Å². The zero-order valence-corrected chi connectivity index (χ0v) is 16.4. The summed E-state index contributed by atoms with van der Waals surface area (Å²) in [4.78, 5) is 29.4. The lowest BCUT2D eigenvalue weighted by Gasteiger charge is -2.15. The van der Waals surface area contributed by atoms with E-state index in [1.807, 2.05) is 63.4 Å². The largest absolute Gasteiger partial charge is 0.480 e. The number of imidazole rings is 1. The van der Waals surface area contributed by atoms with E-state index >= 15 is 0 Å². The smallest absolute Gasteiger partial charge is 0.326 e. The number of pyridine rings is 1. The van der Waals surface area contributed by atoms with Gasteiger partial charge in [-0.25, -0.2) is 9.78 Å². The van der Waals surface area contributed by atoms with Crippen LogP contribution >= 0.6 is 0 Å². The van der Waals surface area contributed by atoms with Crippen LogP contribution in [0, 0.1) is 13.8 Å². The van der Waals surface area contributed by atoms with Crippen molar-refractivity contribution < 1.29 is 14.7 Å². The molecule has 3 aromatic rings. The first kappa shape index (κ1) is 19.6. The van der Waals surface area contributed by atoms with Gasteiger partial charge in [0.2, 0.25) is 0 Å². The Morgan fingerprint density at radius 2 is 1.79 bits per heavy atom. The first-order valence-electron chi connectivity index (χ1n) is 9.50. The fourth-order valence-electron chi connectivity index (χ4n) is 3.17. The summed E-state index contributed by atoms with van der Waals surface area (Å²) < 4.78 is 1.73. The number of carboxylic acids is 1. The Kier molecular flexibility index (Phi) is 5.78. The SMILES string of the molecule is CCCCC(NC(=O)c1c(-c2ccc(C)cc2)nc2ccc(C)cn12)C(=O)O. The number of carboxylic acid groups (broad SMARTS) is 1. The number of aryl methyl sites for hydroxylation is 2. The third-order valence-electron chi connectivity index (χ3n) is 4.76. The molecule has 28 heavy (non-hydrogen) atoms. The minimum atomic E-state index is -1.02. The molecule has 0 saturated heterocycles. The fourth-order valence-corrected chi connectivity index (χ4v) is 3.17. The topological polar surface area (TPSA) is 83.7 Å². The number of amides is 1. The number of carbonyl (C=O) groups excluding carboxylic acids is 1. The van der Waals surface area contributed by atoms with Crippen molar-refractivity contribution in [2.75, 3.05) is 0 Å². The highest BCUT2D eigenvalue weighted by Gasteiger charge is 2.25. The van der Waals surface area contributed by atoms with Crippen LogP contribution in [0.1, 0.15) is 47.8 Å². The van der Waals surface area contributed by atoms with E-state index in [0.29, 0.717) is 23.5 Å². The van der Waals surface area contributed by atoms with Crippen LogP contribution in [0.5, 0.6) is 0 Å². The van der Waals surface area contributed by atoms with Crippen molar-refractivity contribution in [3.8, 4) is 11.3 Å². The Hall–Kier alpha value is -3.15. The highest BCUT2D eigenvalue weighted by atomic mass is 16.4. The molecule has 3 rings (SSSR count). The van der Waals surface area contributed by atoms with Crippen LogP contribution in [0.2, 0.25) is 0 Å². The number of unbranched alkanes of at least 4 members (excludes halogenated alkanes) is 1. The molecule has 2 N–H and O–H groups in total. The average Bonchev–Trinajstić information content (AvgIpc) is 3.03. The maximum absolute atomic E-state index is 13.1. The lowest BCUT2D eigenvalue weighted by atomic mass is 10.1. The maximum Gasteiger partial charge on any atom is 0.326 e. The molecule has 0 fully saturated rings. The zero-order chi connectivity index (χ0) is 20.3. The maximum atomic E-state index is 13.1. The van der Waals surface area contributed by atoms with Gasteiger partial charge < -0.3 is 10.4 Å². The molecule has 6 heteroatoms. The summed E-state index contributed by atoms with van der Waals surface area (Å²) in [5.41, 5.74) is 4.45. The summed E-state index contributed by atoms with van der Waals surface area (Å²) in [7, 11) is 0. The molecule has 6 nitrogen and oxygen atoms in total. The van der Waals surface area contributed by atoms with Crippen LogP contribution in [0.25, 0.3) is 16.9 Å². The van der Waals surface area contributed by atoms with Gasteiger partial charge in [0.15, 0.2) is 0 Å². The Bertz CT molecular complexity index is 1010. The Morgan fingerprint density at radius 1 is 1.11 bits per heavy atom. The summed E-state index contributed by atoms with van der Waals surface area (Å²) in [5, 5.41) is 12.2. The van der Waals surface area contributed by atoms with Crippen LogP contribution in [0.4, 0.5) is 0 Å². The Morgan fingerprint density at radius 3 is 2.43 bits per heavy atom. The first-order valence-corrected chi connectivity index (χ1v) is 9.50. The minimum absolute atomic E-state index is 0.352. The van der Waals surface area contributed by atoms with Crippen LogP contribution in [0.15, 0.2) is 42.6 Å². The van der Waals surface area contributed by atoms with Gasteiger partial charge in [0, 0.05) is 11.8 Å². The van der Waals surface area contributed by atoms with E-state index in [9.17, 15) is 14.7 Å². The van der Waals surface area contributed by atoms with Crippen molar-refractivity contribution in [3.63, 3.8) is 0 Å². The molecule has 1 atom stereocenters. The Labute approximate surface area is 164 Å². The third-order valence-corrected chi connectivity index (χ3v) is 4.76. The van der Waals surface area contributed by atoms with E-state index in [1.165, 1.54) is 0 Å². The second kappa shape index (κ2) is 8.25. The number of aliphatic carboxylic acids is 1. The molecule has 0 spiro atoms. The van der Waals surface area contributed by atoms with Crippen molar-refractivity contribution in [3.05, 3.63) is 59.4 Å².